The van der Waals surface area contributed by atoms with E-state index in [-0.39, 0.29) is 6.04 Å². The lowest BCUT2D eigenvalue weighted by Gasteiger charge is -2.18. The van der Waals surface area contributed by atoms with E-state index in [2.05, 4.69) is 28.0 Å². The molecule has 0 aromatic heterocycles. The highest BCUT2D eigenvalue weighted by Crippen LogP contribution is 2.24. The molecule has 1 atom stereocenters. The maximum atomic E-state index is 13.7. The molecular weight excluding hydrogens is 361 g/mol. The molecule has 5 heteroatoms. The fourth-order valence-electron chi connectivity index (χ4n) is 1.92. The molecule has 0 aliphatic carbocycles. The third-order valence-corrected chi connectivity index (χ3v) is 3.90. The molecule has 2 aromatic carbocycles. The number of rotatable bonds is 4. The average molecular weight is 374 g/mol. The van der Waals surface area contributed by atoms with Crippen LogP contribution in [0.5, 0.6) is 0 Å². The summed E-state index contributed by atoms with van der Waals surface area (Å²) in [6, 6.07) is 11.1. The van der Waals surface area contributed by atoms with Crippen molar-refractivity contribution in [3.8, 4) is 0 Å². The van der Waals surface area contributed by atoms with Crippen LogP contribution in [0.25, 0.3) is 0 Å². The fourth-order valence-corrected chi connectivity index (χ4v) is 2.69. The van der Waals surface area contributed by atoms with Gasteiger partial charge < -0.3 is 0 Å². The molecule has 3 N–H and O–H groups in total. The third kappa shape index (κ3) is 3.49. The molecule has 0 heterocycles. The van der Waals surface area contributed by atoms with Crippen molar-refractivity contribution in [2.24, 2.45) is 5.84 Å². The predicted molar refractivity (Wildman–Crippen MR) is 79.3 cm³/mol. The zero-order chi connectivity index (χ0) is 13.8. The summed E-state index contributed by atoms with van der Waals surface area (Å²) in [5.41, 5.74) is 4.11. The van der Waals surface area contributed by atoms with E-state index in [9.17, 15) is 8.78 Å². The summed E-state index contributed by atoms with van der Waals surface area (Å²) in [7, 11) is 0. The fraction of sp³-hybridized carbons (Fsp3) is 0.143. The lowest BCUT2D eigenvalue weighted by Crippen LogP contribution is -2.30. The summed E-state index contributed by atoms with van der Waals surface area (Å²) < 4.78 is 27.6. The Hall–Kier alpha value is -1.05. The quantitative estimate of drug-likeness (QED) is 0.490. The average Bonchev–Trinajstić information content (AvgIpc) is 2.39. The molecule has 2 nitrogen and oxygen atoms in total. The van der Waals surface area contributed by atoms with Crippen LogP contribution in [0.1, 0.15) is 17.2 Å². The first-order valence-electron chi connectivity index (χ1n) is 5.76. The van der Waals surface area contributed by atoms with E-state index < -0.39 is 11.6 Å². The molecule has 0 saturated heterocycles. The summed E-state index contributed by atoms with van der Waals surface area (Å²) in [4.78, 5) is 0. The van der Waals surface area contributed by atoms with Gasteiger partial charge in [0, 0.05) is 9.64 Å². The topological polar surface area (TPSA) is 38.0 Å². The van der Waals surface area contributed by atoms with E-state index in [1.54, 1.807) is 0 Å². The Morgan fingerprint density at radius 1 is 1.16 bits per heavy atom. The zero-order valence-corrected chi connectivity index (χ0v) is 12.2. The molecule has 0 saturated carbocycles. The maximum Gasteiger partial charge on any atom is 0.129 e. The highest BCUT2D eigenvalue weighted by Gasteiger charge is 2.15. The highest BCUT2D eigenvalue weighted by atomic mass is 127. The van der Waals surface area contributed by atoms with Gasteiger partial charge in [0.05, 0.1) is 6.04 Å². The number of benzene rings is 2. The Bertz CT molecular complexity index is 575. The van der Waals surface area contributed by atoms with Crippen molar-refractivity contribution in [3.05, 3.63) is 68.8 Å². The Kier molecular flexibility index (Phi) is 4.84. The molecule has 0 amide bonds. The van der Waals surface area contributed by atoms with E-state index in [0.29, 0.717) is 12.0 Å². The minimum atomic E-state index is -0.576. The van der Waals surface area contributed by atoms with Gasteiger partial charge in [-0.2, -0.15) is 0 Å². The van der Waals surface area contributed by atoms with Gasteiger partial charge in [-0.15, -0.1) is 0 Å². The first kappa shape index (κ1) is 14.4. The molecule has 100 valence electrons. The van der Waals surface area contributed by atoms with Crippen LogP contribution < -0.4 is 11.3 Å². The highest BCUT2D eigenvalue weighted by molar-refractivity contribution is 14.1. The largest absolute Gasteiger partial charge is 0.271 e. The SMILES string of the molecule is NNC(Cc1ccc(F)cc1F)c1ccccc1I. The van der Waals surface area contributed by atoms with Crippen LogP contribution in [0.3, 0.4) is 0 Å². The van der Waals surface area contributed by atoms with Crippen molar-refractivity contribution in [1.82, 2.24) is 5.43 Å². The first-order valence-corrected chi connectivity index (χ1v) is 6.84. The maximum absolute atomic E-state index is 13.7. The van der Waals surface area contributed by atoms with Crippen molar-refractivity contribution in [3.63, 3.8) is 0 Å². The number of hydrogen-bond donors (Lipinski definition) is 2. The van der Waals surface area contributed by atoms with Crippen LogP contribution in [-0.2, 0) is 6.42 Å². The molecule has 1 unspecified atom stereocenters. The van der Waals surface area contributed by atoms with Gasteiger partial charge in [-0.25, -0.2) is 8.78 Å². The summed E-state index contributed by atoms with van der Waals surface area (Å²) in [5.74, 6) is 4.43. The molecule has 0 aliphatic rings. The Morgan fingerprint density at radius 2 is 1.89 bits per heavy atom. The zero-order valence-electron chi connectivity index (χ0n) is 10.0. The second-order valence-corrected chi connectivity index (χ2v) is 5.34. The van der Waals surface area contributed by atoms with Crippen LogP contribution in [-0.4, -0.2) is 0 Å². The molecular formula is C14H13F2IN2. The minimum Gasteiger partial charge on any atom is -0.271 e. The lowest BCUT2D eigenvalue weighted by molar-refractivity contribution is 0.520. The van der Waals surface area contributed by atoms with Crippen LogP contribution in [0, 0.1) is 15.2 Å². The summed E-state index contributed by atoms with van der Waals surface area (Å²) >= 11 is 2.21. The summed E-state index contributed by atoms with van der Waals surface area (Å²) in [5, 5.41) is 0. The Balaban J connectivity index is 2.27. The molecule has 0 aliphatic heterocycles. The molecule has 0 fully saturated rings. The van der Waals surface area contributed by atoms with E-state index >= 15 is 0 Å². The van der Waals surface area contributed by atoms with E-state index in [1.807, 2.05) is 24.3 Å². The van der Waals surface area contributed by atoms with Crippen molar-refractivity contribution in [2.75, 3.05) is 0 Å². The normalized spacial score (nSPS) is 12.4. The smallest absolute Gasteiger partial charge is 0.129 e. The van der Waals surface area contributed by atoms with Crippen LogP contribution in [0.2, 0.25) is 0 Å². The Labute approximate surface area is 124 Å². The van der Waals surface area contributed by atoms with Crippen LogP contribution >= 0.6 is 22.6 Å². The van der Waals surface area contributed by atoms with E-state index in [1.165, 1.54) is 12.1 Å². The van der Waals surface area contributed by atoms with Gasteiger partial charge in [0.15, 0.2) is 0 Å². The Morgan fingerprint density at radius 3 is 2.53 bits per heavy atom. The lowest BCUT2D eigenvalue weighted by atomic mass is 9.99. The second kappa shape index (κ2) is 6.40. The third-order valence-electron chi connectivity index (χ3n) is 2.92. The number of nitrogens with one attached hydrogen (secondary N) is 1. The van der Waals surface area contributed by atoms with Gasteiger partial charge in [-0.1, -0.05) is 24.3 Å². The standard InChI is InChI=1S/C14H13F2IN2/c15-10-6-5-9(12(16)8-10)7-14(19-18)11-3-1-2-4-13(11)17/h1-6,8,14,19H,7,18H2. The van der Waals surface area contributed by atoms with E-state index in [4.69, 9.17) is 5.84 Å². The van der Waals surface area contributed by atoms with Gasteiger partial charge in [0.2, 0.25) is 0 Å². The minimum absolute atomic E-state index is 0.215. The summed E-state index contributed by atoms with van der Waals surface area (Å²) in [6.45, 7) is 0. The first-order chi connectivity index (χ1) is 9.11. The molecule has 0 radical (unpaired) electrons. The molecule has 0 bridgehead atoms. The van der Waals surface area contributed by atoms with Gasteiger partial charge in [0.1, 0.15) is 11.6 Å². The van der Waals surface area contributed by atoms with Gasteiger partial charge >= 0.3 is 0 Å². The van der Waals surface area contributed by atoms with Crippen LogP contribution in [0.15, 0.2) is 42.5 Å². The van der Waals surface area contributed by atoms with Crippen molar-refractivity contribution >= 4 is 22.6 Å². The van der Waals surface area contributed by atoms with Crippen molar-refractivity contribution in [1.29, 1.82) is 0 Å². The number of hydrogen-bond acceptors (Lipinski definition) is 2. The second-order valence-electron chi connectivity index (χ2n) is 4.18. The summed E-state index contributed by atoms with van der Waals surface area (Å²) in [6.07, 6.45) is 0.364. The number of halogens is 3. The van der Waals surface area contributed by atoms with Crippen LogP contribution in [0.4, 0.5) is 8.78 Å². The predicted octanol–water partition coefficient (Wildman–Crippen LogP) is 3.32. The van der Waals surface area contributed by atoms with Crippen molar-refractivity contribution < 1.29 is 8.78 Å². The molecule has 0 spiro atoms. The van der Waals surface area contributed by atoms with Gasteiger partial charge in [-0.3, -0.25) is 11.3 Å². The van der Waals surface area contributed by atoms with Gasteiger partial charge in [-0.05, 0) is 52.3 Å². The number of hydrazine groups is 1. The number of nitrogens with two attached hydrogens (primary N) is 1. The van der Waals surface area contributed by atoms with Gasteiger partial charge in [0.25, 0.3) is 0 Å². The molecule has 2 aromatic rings. The molecule has 19 heavy (non-hydrogen) atoms. The van der Waals surface area contributed by atoms with Crippen molar-refractivity contribution in [2.45, 2.75) is 12.5 Å². The van der Waals surface area contributed by atoms with E-state index in [0.717, 1.165) is 15.2 Å². The molecule has 2 rings (SSSR count). The monoisotopic (exact) mass is 374 g/mol.